The van der Waals surface area contributed by atoms with Crippen LogP contribution in [0.1, 0.15) is 39.0 Å². The normalized spacial score (nSPS) is 23.2. The molecule has 1 aromatic carbocycles. The van der Waals surface area contributed by atoms with Crippen LogP contribution in [0.3, 0.4) is 0 Å². The van der Waals surface area contributed by atoms with Gasteiger partial charge in [-0.1, -0.05) is 50.8 Å². The lowest BCUT2D eigenvalue weighted by atomic mass is 9.81. The third-order valence-electron chi connectivity index (χ3n) is 4.16. The second kappa shape index (κ2) is 8.21. The van der Waals surface area contributed by atoms with Gasteiger partial charge in [0, 0.05) is 6.54 Å². The molecule has 2 nitrogen and oxygen atoms in total. The van der Waals surface area contributed by atoms with Crippen LogP contribution >= 0.6 is 0 Å². The van der Waals surface area contributed by atoms with Crippen LogP contribution < -0.4 is 10.1 Å². The molecule has 1 aromatic rings. The van der Waals surface area contributed by atoms with Crippen molar-refractivity contribution in [1.82, 2.24) is 5.32 Å². The zero-order valence-corrected chi connectivity index (χ0v) is 12.1. The van der Waals surface area contributed by atoms with E-state index in [-0.39, 0.29) is 0 Å². The van der Waals surface area contributed by atoms with Gasteiger partial charge in [-0.15, -0.1) is 0 Å². The molecule has 2 rings (SSSR count). The van der Waals surface area contributed by atoms with E-state index >= 15 is 0 Å². The van der Waals surface area contributed by atoms with Crippen molar-refractivity contribution in [2.45, 2.75) is 39.0 Å². The third-order valence-corrected chi connectivity index (χ3v) is 4.16. The van der Waals surface area contributed by atoms with Gasteiger partial charge in [0.1, 0.15) is 12.4 Å². The highest BCUT2D eigenvalue weighted by atomic mass is 16.5. The highest BCUT2D eigenvalue weighted by Gasteiger charge is 2.17. The van der Waals surface area contributed by atoms with Crippen LogP contribution in [0.25, 0.3) is 0 Å². The molecule has 1 aliphatic rings. The first-order valence-electron chi connectivity index (χ1n) is 7.73. The van der Waals surface area contributed by atoms with Crippen LogP contribution in [0, 0.1) is 11.8 Å². The standard InChI is InChI=1S/C17H27NO/c1-15-7-9-16(10-8-15)11-12-18-13-14-19-17-5-3-2-4-6-17/h2-6,15-16,18H,7-14H2,1H3. The number of rotatable bonds is 7. The van der Waals surface area contributed by atoms with Crippen molar-refractivity contribution in [3.63, 3.8) is 0 Å². The maximum Gasteiger partial charge on any atom is 0.119 e. The Morgan fingerprint density at radius 2 is 1.79 bits per heavy atom. The number of nitrogens with one attached hydrogen (secondary N) is 1. The maximum atomic E-state index is 5.65. The van der Waals surface area contributed by atoms with E-state index in [4.69, 9.17) is 4.74 Å². The van der Waals surface area contributed by atoms with Crippen LogP contribution in [0.4, 0.5) is 0 Å². The lowest BCUT2D eigenvalue weighted by molar-refractivity contribution is 0.270. The quantitative estimate of drug-likeness (QED) is 0.752. The Balaban J connectivity index is 1.46. The predicted octanol–water partition coefficient (Wildman–Crippen LogP) is 3.87. The molecule has 1 N–H and O–H groups in total. The molecule has 19 heavy (non-hydrogen) atoms. The number of hydrogen-bond acceptors (Lipinski definition) is 2. The summed E-state index contributed by atoms with van der Waals surface area (Å²) in [7, 11) is 0. The number of benzene rings is 1. The molecule has 0 spiro atoms. The summed E-state index contributed by atoms with van der Waals surface area (Å²) in [6, 6.07) is 10.0. The van der Waals surface area contributed by atoms with E-state index in [9.17, 15) is 0 Å². The van der Waals surface area contributed by atoms with Gasteiger partial charge in [0.15, 0.2) is 0 Å². The molecular formula is C17H27NO. The SMILES string of the molecule is CC1CCC(CCNCCOc2ccccc2)CC1. The Kier molecular flexibility index (Phi) is 6.22. The molecule has 0 unspecified atom stereocenters. The van der Waals surface area contributed by atoms with E-state index in [0.29, 0.717) is 0 Å². The van der Waals surface area contributed by atoms with Crippen molar-refractivity contribution in [3.05, 3.63) is 30.3 Å². The van der Waals surface area contributed by atoms with Crippen molar-refractivity contribution in [3.8, 4) is 5.75 Å². The average Bonchev–Trinajstić information content (AvgIpc) is 2.46. The Morgan fingerprint density at radius 1 is 1.05 bits per heavy atom. The fourth-order valence-corrected chi connectivity index (χ4v) is 2.81. The molecule has 1 fully saturated rings. The van der Waals surface area contributed by atoms with Gasteiger partial charge < -0.3 is 10.1 Å². The second-order valence-electron chi connectivity index (χ2n) is 5.83. The van der Waals surface area contributed by atoms with Gasteiger partial charge in [0.2, 0.25) is 0 Å². The van der Waals surface area contributed by atoms with Gasteiger partial charge >= 0.3 is 0 Å². The van der Waals surface area contributed by atoms with Crippen molar-refractivity contribution < 1.29 is 4.74 Å². The summed E-state index contributed by atoms with van der Waals surface area (Å²) in [6.45, 7) is 5.22. The molecular weight excluding hydrogens is 234 g/mol. The Bertz CT molecular complexity index is 330. The molecule has 1 aliphatic carbocycles. The Hall–Kier alpha value is -1.02. The van der Waals surface area contributed by atoms with Crippen molar-refractivity contribution >= 4 is 0 Å². The van der Waals surface area contributed by atoms with Gasteiger partial charge in [-0.05, 0) is 36.9 Å². The molecule has 0 aromatic heterocycles. The van der Waals surface area contributed by atoms with E-state index in [2.05, 4.69) is 12.2 Å². The molecule has 0 radical (unpaired) electrons. The summed E-state index contributed by atoms with van der Waals surface area (Å²) in [4.78, 5) is 0. The van der Waals surface area contributed by atoms with E-state index in [1.54, 1.807) is 0 Å². The molecule has 2 heteroatoms. The first-order chi connectivity index (χ1) is 9.34. The zero-order chi connectivity index (χ0) is 13.3. The monoisotopic (exact) mass is 261 g/mol. The molecule has 0 atom stereocenters. The summed E-state index contributed by atoms with van der Waals surface area (Å²) in [5, 5.41) is 3.49. The minimum Gasteiger partial charge on any atom is -0.492 e. The molecule has 0 saturated heterocycles. The summed E-state index contributed by atoms with van der Waals surface area (Å²) >= 11 is 0. The molecule has 0 bridgehead atoms. The van der Waals surface area contributed by atoms with Crippen molar-refractivity contribution in [1.29, 1.82) is 0 Å². The van der Waals surface area contributed by atoms with Crippen LogP contribution in [0.2, 0.25) is 0 Å². The molecule has 1 saturated carbocycles. The number of para-hydroxylation sites is 1. The number of ether oxygens (including phenoxy) is 1. The lowest BCUT2D eigenvalue weighted by Gasteiger charge is -2.26. The summed E-state index contributed by atoms with van der Waals surface area (Å²) in [5.41, 5.74) is 0. The average molecular weight is 261 g/mol. The predicted molar refractivity (Wildman–Crippen MR) is 80.5 cm³/mol. The molecule has 106 valence electrons. The Morgan fingerprint density at radius 3 is 2.53 bits per heavy atom. The minimum absolute atomic E-state index is 0.756. The highest BCUT2D eigenvalue weighted by molar-refractivity contribution is 5.20. The fraction of sp³-hybridized carbons (Fsp3) is 0.647. The largest absolute Gasteiger partial charge is 0.492 e. The second-order valence-corrected chi connectivity index (χ2v) is 5.83. The van der Waals surface area contributed by atoms with E-state index in [1.807, 2.05) is 30.3 Å². The molecule has 0 aliphatic heterocycles. The van der Waals surface area contributed by atoms with Gasteiger partial charge in [0.05, 0.1) is 0 Å². The topological polar surface area (TPSA) is 21.3 Å². The molecule has 0 heterocycles. The van der Waals surface area contributed by atoms with E-state index < -0.39 is 0 Å². The van der Waals surface area contributed by atoms with Crippen molar-refractivity contribution in [2.75, 3.05) is 19.7 Å². The van der Waals surface area contributed by atoms with Crippen molar-refractivity contribution in [2.24, 2.45) is 11.8 Å². The highest BCUT2D eigenvalue weighted by Crippen LogP contribution is 2.29. The third kappa shape index (κ3) is 5.65. The first kappa shape index (κ1) is 14.4. The molecule has 0 amide bonds. The van der Waals surface area contributed by atoms with Gasteiger partial charge in [0.25, 0.3) is 0 Å². The van der Waals surface area contributed by atoms with Crippen LogP contribution in [0.15, 0.2) is 30.3 Å². The van der Waals surface area contributed by atoms with Crippen LogP contribution in [-0.2, 0) is 0 Å². The van der Waals surface area contributed by atoms with Crippen LogP contribution in [-0.4, -0.2) is 19.7 Å². The van der Waals surface area contributed by atoms with Gasteiger partial charge in [-0.2, -0.15) is 0 Å². The summed E-state index contributed by atoms with van der Waals surface area (Å²) in [6.07, 6.45) is 7.06. The maximum absolute atomic E-state index is 5.65. The van der Waals surface area contributed by atoms with Gasteiger partial charge in [-0.25, -0.2) is 0 Å². The first-order valence-corrected chi connectivity index (χ1v) is 7.73. The lowest BCUT2D eigenvalue weighted by Crippen LogP contribution is -2.24. The zero-order valence-electron chi connectivity index (χ0n) is 12.1. The summed E-state index contributed by atoms with van der Waals surface area (Å²) in [5.74, 6) is 2.88. The number of hydrogen-bond donors (Lipinski definition) is 1. The minimum atomic E-state index is 0.756. The van der Waals surface area contributed by atoms with E-state index in [0.717, 1.165) is 37.3 Å². The Labute approximate surface area is 117 Å². The van der Waals surface area contributed by atoms with Gasteiger partial charge in [-0.3, -0.25) is 0 Å². The van der Waals surface area contributed by atoms with Crippen LogP contribution in [0.5, 0.6) is 5.75 Å². The van der Waals surface area contributed by atoms with E-state index in [1.165, 1.54) is 32.1 Å². The smallest absolute Gasteiger partial charge is 0.119 e. The fourth-order valence-electron chi connectivity index (χ4n) is 2.81. The summed E-state index contributed by atoms with van der Waals surface area (Å²) < 4.78 is 5.65.